The van der Waals surface area contributed by atoms with Crippen LogP contribution in [0.5, 0.6) is 0 Å². The number of hydrogen-bond acceptors (Lipinski definition) is 5. The standard InChI is InChI=1S/C27H23ClN6O2/c1-2-7-23-21(25(27(35)36)34(31-23)24-11-6-5-10-22(24)28)16-17-12-14-18(15-13-17)19-8-3-4-9-20(19)26-29-32-33-30-26/h3-6,8-15H,2,7,16H2,1H3,(H,35,36)(H,29,30,32,33). The van der Waals surface area contributed by atoms with Crippen molar-refractivity contribution in [2.45, 2.75) is 26.2 Å². The van der Waals surface area contributed by atoms with Gasteiger partial charge in [0.25, 0.3) is 0 Å². The van der Waals surface area contributed by atoms with Crippen LogP contribution in [0.2, 0.25) is 5.02 Å². The number of aromatic nitrogens is 6. The van der Waals surface area contributed by atoms with Gasteiger partial charge in [-0.25, -0.2) is 9.48 Å². The van der Waals surface area contributed by atoms with Crippen molar-refractivity contribution >= 4 is 17.6 Å². The van der Waals surface area contributed by atoms with Crippen LogP contribution in [0.3, 0.4) is 0 Å². The van der Waals surface area contributed by atoms with Crippen LogP contribution in [-0.2, 0) is 12.8 Å². The second kappa shape index (κ2) is 10.1. The number of carboxylic acids is 1. The number of tetrazole rings is 1. The Hall–Kier alpha value is -4.30. The van der Waals surface area contributed by atoms with Crippen molar-refractivity contribution in [3.63, 3.8) is 0 Å². The van der Waals surface area contributed by atoms with Crippen molar-refractivity contribution < 1.29 is 9.90 Å². The third-order valence-corrected chi connectivity index (χ3v) is 6.32. The Kier molecular flexibility index (Phi) is 6.60. The van der Waals surface area contributed by atoms with Gasteiger partial charge in [0.15, 0.2) is 5.69 Å². The SMILES string of the molecule is CCCc1nn(-c2ccccc2Cl)c(C(=O)O)c1Cc1ccc(-c2ccccc2-c2nn[nH]n2)cc1. The number of aromatic carboxylic acids is 1. The van der Waals surface area contributed by atoms with E-state index < -0.39 is 5.97 Å². The van der Waals surface area contributed by atoms with E-state index in [1.165, 1.54) is 4.68 Å². The molecule has 180 valence electrons. The van der Waals surface area contributed by atoms with Gasteiger partial charge in [-0.2, -0.15) is 10.3 Å². The summed E-state index contributed by atoms with van der Waals surface area (Å²) in [6, 6.07) is 23.1. The second-order valence-corrected chi connectivity index (χ2v) is 8.75. The number of H-pyrrole nitrogens is 1. The lowest BCUT2D eigenvalue weighted by Crippen LogP contribution is -2.10. The van der Waals surface area contributed by atoms with Gasteiger partial charge in [0, 0.05) is 17.5 Å². The fraction of sp³-hybridized carbons (Fsp3) is 0.148. The Labute approximate surface area is 212 Å². The van der Waals surface area contributed by atoms with Crippen molar-refractivity contribution in [1.82, 2.24) is 30.4 Å². The molecule has 9 heteroatoms. The molecule has 0 bridgehead atoms. The fourth-order valence-corrected chi connectivity index (χ4v) is 4.56. The Morgan fingerprint density at radius 3 is 2.39 bits per heavy atom. The van der Waals surface area contributed by atoms with Crippen LogP contribution in [0.1, 0.15) is 40.7 Å². The van der Waals surface area contributed by atoms with Crippen LogP contribution >= 0.6 is 11.6 Å². The number of carbonyl (C=O) groups is 1. The molecule has 0 unspecified atom stereocenters. The summed E-state index contributed by atoms with van der Waals surface area (Å²) in [5, 5.41) is 29.7. The molecule has 8 nitrogen and oxygen atoms in total. The monoisotopic (exact) mass is 498 g/mol. The molecule has 2 N–H and O–H groups in total. The minimum absolute atomic E-state index is 0.137. The summed E-state index contributed by atoms with van der Waals surface area (Å²) in [5.74, 6) is -0.512. The Morgan fingerprint density at radius 1 is 1.00 bits per heavy atom. The van der Waals surface area contributed by atoms with E-state index in [1.54, 1.807) is 12.1 Å². The van der Waals surface area contributed by atoms with Gasteiger partial charge in [-0.1, -0.05) is 85.6 Å². The van der Waals surface area contributed by atoms with Crippen LogP contribution in [0.4, 0.5) is 0 Å². The molecular weight excluding hydrogens is 476 g/mol. The van der Waals surface area contributed by atoms with Gasteiger partial charge in [-0.15, -0.1) is 10.2 Å². The molecule has 3 aromatic carbocycles. The van der Waals surface area contributed by atoms with E-state index >= 15 is 0 Å². The van der Waals surface area contributed by atoms with Crippen LogP contribution in [-0.4, -0.2) is 41.5 Å². The molecule has 5 aromatic rings. The molecule has 5 rings (SSSR count). The maximum atomic E-state index is 12.4. The molecule has 2 heterocycles. The summed E-state index contributed by atoms with van der Waals surface area (Å²) < 4.78 is 1.46. The average molecular weight is 499 g/mol. The summed E-state index contributed by atoms with van der Waals surface area (Å²) in [5.41, 5.74) is 5.98. The lowest BCUT2D eigenvalue weighted by Gasteiger charge is -2.10. The molecule has 0 saturated carbocycles. The first kappa shape index (κ1) is 23.4. The topological polar surface area (TPSA) is 110 Å². The zero-order valence-electron chi connectivity index (χ0n) is 19.5. The van der Waals surface area contributed by atoms with Gasteiger partial charge in [-0.3, -0.25) is 0 Å². The predicted octanol–water partition coefficient (Wildman–Crippen LogP) is 5.61. The van der Waals surface area contributed by atoms with E-state index in [2.05, 4.69) is 32.6 Å². The molecule has 2 aromatic heterocycles. The summed E-state index contributed by atoms with van der Waals surface area (Å²) >= 11 is 6.39. The van der Waals surface area contributed by atoms with Gasteiger partial charge in [0.2, 0.25) is 5.82 Å². The van der Waals surface area contributed by atoms with Crippen molar-refractivity contribution in [3.05, 3.63) is 100 Å². The van der Waals surface area contributed by atoms with Gasteiger partial charge >= 0.3 is 5.97 Å². The number of aryl methyl sites for hydroxylation is 1. The number of para-hydroxylation sites is 1. The highest BCUT2D eigenvalue weighted by Crippen LogP contribution is 2.31. The zero-order chi connectivity index (χ0) is 25.1. The molecule has 0 aliphatic rings. The summed E-state index contributed by atoms with van der Waals surface area (Å²) in [6.07, 6.45) is 1.95. The maximum absolute atomic E-state index is 12.4. The lowest BCUT2D eigenvalue weighted by atomic mass is 9.96. The highest BCUT2D eigenvalue weighted by atomic mass is 35.5. The molecule has 0 fully saturated rings. The highest BCUT2D eigenvalue weighted by molar-refractivity contribution is 6.32. The van der Waals surface area contributed by atoms with E-state index in [-0.39, 0.29) is 5.69 Å². The van der Waals surface area contributed by atoms with Crippen molar-refractivity contribution in [2.24, 2.45) is 0 Å². The van der Waals surface area contributed by atoms with Gasteiger partial charge < -0.3 is 5.11 Å². The largest absolute Gasteiger partial charge is 0.476 e. The molecule has 0 radical (unpaired) electrons. The third-order valence-electron chi connectivity index (χ3n) is 6.00. The van der Waals surface area contributed by atoms with Crippen molar-refractivity contribution in [1.29, 1.82) is 0 Å². The number of benzene rings is 3. The zero-order valence-corrected chi connectivity index (χ0v) is 20.3. The second-order valence-electron chi connectivity index (χ2n) is 8.35. The minimum Gasteiger partial charge on any atom is -0.476 e. The molecule has 36 heavy (non-hydrogen) atoms. The number of nitrogens with zero attached hydrogens (tertiary/aromatic N) is 5. The normalized spacial score (nSPS) is 11.1. The van der Waals surface area contributed by atoms with Crippen molar-refractivity contribution in [2.75, 3.05) is 0 Å². The summed E-state index contributed by atoms with van der Waals surface area (Å²) in [4.78, 5) is 12.4. The quantitative estimate of drug-likeness (QED) is 0.287. The average Bonchev–Trinajstić information content (AvgIpc) is 3.54. The van der Waals surface area contributed by atoms with Gasteiger partial charge in [0.05, 0.1) is 16.4 Å². The summed E-state index contributed by atoms with van der Waals surface area (Å²) in [6.45, 7) is 2.05. The van der Waals surface area contributed by atoms with Crippen LogP contribution < -0.4 is 0 Å². The summed E-state index contributed by atoms with van der Waals surface area (Å²) in [7, 11) is 0. The van der Waals surface area contributed by atoms with E-state index in [1.807, 2.05) is 60.7 Å². The maximum Gasteiger partial charge on any atom is 0.354 e. The first-order chi connectivity index (χ1) is 17.6. The number of rotatable bonds is 8. The predicted molar refractivity (Wildman–Crippen MR) is 137 cm³/mol. The van der Waals surface area contributed by atoms with Crippen LogP contribution in [0, 0.1) is 0 Å². The lowest BCUT2D eigenvalue weighted by molar-refractivity contribution is 0.0686. The molecule has 0 spiro atoms. The Balaban J connectivity index is 1.53. The molecule has 0 amide bonds. The Morgan fingerprint density at radius 2 is 1.72 bits per heavy atom. The number of hydrogen-bond donors (Lipinski definition) is 2. The number of aromatic amines is 1. The third kappa shape index (κ3) is 4.50. The fourth-order valence-electron chi connectivity index (χ4n) is 4.35. The van der Waals surface area contributed by atoms with E-state index in [9.17, 15) is 9.90 Å². The highest BCUT2D eigenvalue weighted by Gasteiger charge is 2.25. The van der Waals surface area contributed by atoms with Crippen LogP contribution in [0.15, 0.2) is 72.8 Å². The van der Waals surface area contributed by atoms with Crippen LogP contribution in [0.25, 0.3) is 28.2 Å². The Bertz CT molecular complexity index is 1510. The molecule has 0 aliphatic heterocycles. The molecule has 0 aliphatic carbocycles. The minimum atomic E-state index is -1.04. The molecular formula is C27H23ClN6O2. The first-order valence-electron chi connectivity index (χ1n) is 11.6. The molecule has 0 atom stereocenters. The number of nitrogens with one attached hydrogen (secondary N) is 1. The van der Waals surface area contributed by atoms with E-state index in [0.29, 0.717) is 34.9 Å². The van der Waals surface area contributed by atoms with Gasteiger partial charge in [-0.05, 0) is 40.5 Å². The van der Waals surface area contributed by atoms with E-state index in [0.717, 1.165) is 34.4 Å². The van der Waals surface area contributed by atoms with Gasteiger partial charge in [0.1, 0.15) is 0 Å². The number of halogens is 1. The molecule has 0 saturated heterocycles. The first-order valence-corrected chi connectivity index (χ1v) is 12.0. The smallest absolute Gasteiger partial charge is 0.354 e. The van der Waals surface area contributed by atoms with E-state index in [4.69, 9.17) is 11.6 Å². The van der Waals surface area contributed by atoms with Crippen molar-refractivity contribution in [3.8, 4) is 28.2 Å². The number of carboxylic acid groups (broad SMARTS) is 1.